The van der Waals surface area contributed by atoms with E-state index in [1.807, 2.05) is 6.92 Å². The van der Waals surface area contributed by atoms with Crippen molar-refractivity contribution >= 4 is 40.0 Å². The van der Waals surface area contributed by atoms with Crippen LogP contribution < -0.4 is 20.1 Å². The molecule has 1 fully saturated rings. The molecule has 166 valence electrons. The van der Waals surface area contributed by atoms with E-state index in [1.54, 1.807) is 25.1 Å². The Morgan fingerprint density at radius 2 is 2.03 bits per heavy atom. The summed E-state index contributed by atoms with van der Waals surface area (Å²) in [7, 11) is -3.30. The minimum absolute atomic E-state index is 0. The summed E-state index contributed by atoms with van der Waals surface area (Å²) in [5.41, 5.74) is 0. The van der Waals surface area contributed by atoms with E-state index >= 15 is 0 Å². The highest BCUT2D eigenvalue weighted by Crippen LogP contribution is 2.25. The number of para-hydroxylation sites is 1. The number of hydrogen-bond acceptors (Lipinski definition) is 4. The number of halogens is 2. The van der Waals surface area contributed by atoms with Crippen molar-refractivity contribution in [3.05, 3.63) is 30.1 Å². The topological polar surface area (TPSA) is 91.8 Å². The van der Waals surface area contributed by atoms with Gasteiger partial charge in [-0.25, -0.2) is 22.5 Å². The van der Waals surface area contributed by atoms with Gasteiger partial charge in [0, 0.05) is 19.6 Å². The Kier molecular flexibility index (Phi) is 11.8. The first-order valence-corrected chi connectivity index (χ1v) is 11.5. The van der Waals surface area contributed by atoms with Gasteiger partial charge in [-0.3, -0.25) is 0 Å². The van der Waals surface area contributed by atoms with Gasteiger partial charge < -0.3 is 15.4 Å². The van der Waals surface area contributed by atoms with Gasteiger partial charge in [0.15, 0.2) is 17.5 Å². The van der Waals surface area contributed by atoms with Gasteiger partial charge in [0.2, 0.25) is 10.0 Å². The highest BCUT2D eigenvalue weighted by Gasteiger charge is 2.20. The lowest BCUT2D eigenvalue weighted by atomic mass is 9.86. The predicted octanol–water partition coefficient (Wildman–Crippen LogP) is 2.49. The van der Waals surface area contributed by atoms with Gasteiger partial charge in [-0.15, -0.1) is 24.0 Å². The molecule has 0 spiro atoms. The first kappa shape index (κ1) is 25.9. The molecule has 1 aromatic rings. The van der Waals surface area contributed by atoms with Crippen LogP contribution in [0.3, 0.4) is 0 Å². The monoisotopic (exact) mass is 542 g/mol. The van der Waals surface area contributed by atoms with Crippen LogP contribution in [0.2, 0.25) is 0 Å². The number of benzene rings is 1. The Morgan fingerprint density at radius 3 is 2.66 bits per heavy atom. The molecule has 7 nitrogen and oxygen atoms in total. The molecule has 1 atom stereocenters. The third-order valence-electron chi connectivity index (χ3n) is 4.50. The summed E-state index contributed by atoms with van der Waals surface area (Å²) in [6.07, 6.45) is 3.06. The fraction of sp³-hybridized carbons (Fsp3) is 0.632. The van der Waals surface area contributed by atoms with Crippen LogP contribution in [-0.4, -0.2) is 52.4 Å². The van der Waals surface area contributed by atoms with Gasteiger partial charge in [0.25, 0.3) is 0 Å². The van der Waals surface area contributed by atoms with Gasteiger partial charge in [-0.2, -0.15) is 0 Å². The maximum Gasteiger partial charge on any atom is 0.213 e. The fourth-order valence-corrected chi connectivity index (χ4v) is 3.68. The van der Waals surface area contributed by atoms with Crippen LogP contribution in [-0.2, 0) is 10.0 Å². The number of rotatable bonds is 11. The van der Waals surface area contributed by atoms with E-state index in [2.05, 4.69) is 20.3 Å². The molecular formula is C19H32FIN4O3S. The van der Waals surface area contributed by atoms with Crippen molar-refractivity contribution < 1.29 is 17.5 Å². The molecule has 1 aliphatic rings. The molecule has 0 aliphatic heterocycles. The lowest BCUT2D eigenvalue weighted by Crippen LogP contribution is -2.42. The summed E-state index contributed by atoms with van der Waals surface area (Å²) in [4.78, 5) is 4.39. The smallest absolute Gasteiger partial charge is 0.213 e. The van der Waals surface area contributed by atoms with Crippen LogP contribution in [0, 0.1) is 11.7 Å². The van der Waals surface area contributed by atoms with Crippen molar-refractivity contribution in [3.8, 4) is 5.75 Å². The van der Waals surface area contributed by atoms with Gasteiger partial charge in [0.1, 0.15) is 6.10 Å². The van der Waals surface area contributed by atoms with Crippen molar-refractivity contribution in [2.45, 2.75) is 39.2 Å². The number of hydrogen-bond donors (Lipinski definition) is 3. The minimum Gasteiger partial charge on any atom is -0.486 e. The van der Waals surface area contributed by atoms with Gasteiger partial charge in [-0.05, 0) is 44.7 Å². The number of ether oxygens (including phenoxy) is 1. The molecule has 29 heavy (non-hydrogen) atoms. The third kappa shape index (κ3) is 9.94. The standard InChI is InChI=1S/C19H31FN4O3S.HI/c1-3-21-19(22-11-12-28(25,26)24-14-16-7-6-8-16)23-13-15(2)27-18-10-5-4-9-17(18)20;/h4-5,9-10,15-16,24H,3,6-8,11-14H2,1-2H3,(H2,21,22,23);1H. The number of guanidine groups is 1. The second-order valence-electron chi connectivity index (χ2n) is 6.97. The Labute approximate surface area is 190 Å². The number of nitrogens with one attached hydrogen (secondary N) is 3. The molecule has 2 rings (SSSR count). The van der Waals surface area contributed by atoms with Crippen molar-refractivity contribution in [1.29, 1.82) is 0 Å². The molecule has 3 N–H and O–H groups in total. The molecule has 1 aromatic carbocycles. The van der Waals surface area contributed by atoms with E-state index in [1.165, 1.54) is 12.5 Å². The average molecular weight is 542 g/mol. The Balaban J connectivity index is 0.00000420. The van der Waals surface area contributed by atoms with Crippen LogP contribution in [0.15, 0.2) is 29.3 Å². The van der Waals surface area contributed by atoms with Crippen molar-refractivity contribution in [1.82, 2.24) is 15.4 Å². The van der Waals surface area contributed by atoms with E-state index in [-0.39, 0.29) is 48.1 Å². The summed E-state index contributed by atoms with van der Waals surface area (Å²) in [6.45, 7) is 5.44. The zero-order valence-corrected chi connectivity index (χ0v) is 20.1. The molecule has 1 aliphatic carbocycles. The zero-order valence-electron chi connectivity index (χ0n) is 17.0. The van der Waals surface area contributed by atoms with Gasteiger partial charge >= 0.3 is 0 Å². The number of nitrogens with zero attached hydrogens (tertiary/aromatic N) is 1. The summed E-state index contributed by atoms with van der Waals surface area (Å²) < 4.78 is 46.0. The Hall–Kier alpha value is -1.14. The van der Waals surface area contributed by atoms with Crippen LogP contribution >= 0.6 is 24.0 Å². The van der Waals surface area contributed by atoms with Crippen molar-refractivity contribution in [3.63, 3.8) is 0 Å². The van der Waals surface area contributed by atoms with Crippen molar-refractivity contribution in [2.75, 3.05) is 31.9 Å². The molecule has 10 heteroatoms. The van der Waals surface area contributed by atoms with Crippen LogP contribution in [0.5, 0.6) is 5.75 Å². The highest BCUT2D eigenvalue weighted by atomic mass is 127. The molecule has 0 bridgehead atoms. The molecule has 1 unspecified atom stereocenters. The van der Waals surface area contributed by atoms with E-state index in [9.17, 15) is 12.8 Å². The number of aliphatic imine (C=N–C) groups is 1. The molecule has 0 radical (unpaired) electrons. The maximum atomic E-state index is 13.6. The maximum absolute atomic E-state index is 13.6. The first-order chi connectivity index (χ1) is 13.4. The Bertz CT molecular complexity index is 745. The van der Waals surface area contributed by atoms with Crippen LogP contribution in [0.1, 0.15) is 33.1 Å². The molecule has 0 aromatic heterocycles. The molecule has 1 saturated carbocycles. The Morgan fingerprint density at radius 1 is 1.31 bits per heavy atom. The van der Waals surface area contributed by atoms with Gasteiger partial charge in [-0.1, -0.05) is 18.6 Å². The second-order valence-corrected chi connectivity index (χ2v) is 8.90. The normalized spacial score (nSPS) is 15.8. The molecule has 0 heterocycles. The van der Waals surface area contributed by atoms with E-state index in [0.717, 1.165) is 12.8 Å². The van der Waals surface area contributed by atoms with Gasteiger partial charge in [0.05, 0.1) is 12.3 Å². The molecule has 0 saturated heterocycles. The molecule has 0 amide bonds. The lowest BCUT2D eigenvalue weighted by Gasteiger charge is -2.25. The lowest BCUT2D eigenvalue weighted by molar-refractivity contribution is 0.220. The fourth-order valence-electron chi connectivity index (χ4n) is 2.67. The third-order valence-corrected chi connectivity index (χ3v) is 5.84. The minimum atomic E-state index is -3.30. The summed E-state index contributed by atoms with van der Waals surface area (Å²) in [6, 6.07) is 6.23. The zero-order chi connectivity index (χ0) is 20.4. The first-order valence-electron chi connectivity index (χ1n) is 9.80. The molecular weight excluding hydrogens is 510 g/mol. The SMILES string of the molecule is CCNC(=NCC(C)Oc1ccccc1F)NCCS(=O)(=O)NCC1CCC1.I. The summed E-state index contributed by atoms with van der Waals surface area (Å²) in [5, 5.41) is 6.08. The highest BCUT2D eigenvalue weighted by molar-refractivity contribution is 14.0. The van der Waals surface area contributed by atoms with Crippen LogP contribution in [0.4, 0.5) is 4.39 Å². The van der Waals surface area contributed by atoms with E-state index in [4.69, 9.17) is 4.74 Å². The second kappa shape index (κ2) is 13.2. The van der Waals surface area contributed by atoms with E-state index in [0.29, 0.717) is 31.5 Å². The quantitative estimate of drug-likeness (QED) is 0.227. The number of sulfonamides is 1. The predicted molar refractivity (Wildman–Crippen MR) is 125 cm³/mol. The summed E-state index contributed by atoms with van der Waals surface area (Å²) in [5.74, 6) is 0.735. The largest absolute Gasteiger partial charge is 0.486 e. The van der Waals surface area contributed by atoms with Crippen LogP contribution in [0.25, 0.3) is 0 Å². The van der Waals surface area contributed by atoms with E-state index < -0.39 is 15.8 Å². The average Bonchev–Trinajstić information content (AvgIpc) is 2.60. The summed E-state index contributed by atoms with van der Waals surface area (Å²) >= 11 is 0. The van der Waals surface area contributed by atoms with Crippen molar-refractivity contribution in [2.24, 2.45) is 10.9 Å².